The van der Waals surface area contributed by atoms with Crippen molar-refractivity contribution in [2.75, 3.05) is 24.6 Å². The van der Waals surface area contributed by atoms with Gasteiger partial charge in [-0.2, -0.15) is 11.8 Å². The van der Waals surface area contributed by atoms with E-state index >= 15 is 0 Å². The van der Waals surface area contributed by atoms with Crippen molar-refractivity contribution in [3.63, 3.8) is 0 Å². The van der Waals surface area contributed by atoms with Gasteiger partial charge in [0.2, 0.25) is 0 Å². The summed E-state index contributed by atoms with van der Waals surface area (Å²) in [5, 5.41) is 11.7. The minimum Gasteiger partial charge on any atom is -0.480 e. The Kier molecular flexibility index (Phi) is 6.32. The molecular formula is C12H22N2O3S. The van der Waals surface area contributed by atoms with E-state index in [1.807, 2.05) is 6.92 Å². The predicted octanol–water partition coefficient (Wildman–Crippen LogP) is 1.63. The van der Waals surface area contributed by atoms with Crippen LogP contribution in [0.3, 0.4) is 0 Å². The third-order valence-electron chi connectivity index (χ3n) is 2.73. The van der Waals surface area contributed by atoms with E-state index in [1.165, 1.54) is 4.90 Å². The average molecular weight is 274 g/mol. The SMILES string of the molecule is CCSCC(C)NC(=O)N(CC(=O)O)CC1CC1. The number of aliphatic carboxylic acids is 1. The van der Waals surface area contributed by atoms with Gasteiger partial charge >= 0.3 is 12.0 Å². The maximum absolute atomic E-state index is 12.0. The first kappa shape index (κ1) is 15.1. The lowest BCUT2D eigenvalue weighted by atomic mass is 10.3. The minimum atomic E-state index is -0.957. The summed E-state index contributed by atoms with van der Waals surface area (Å²) in [6.07, 6.45) is 2.20. The molecule has 1 unspecified atom stereocenters. The van der Waals surface area contributed by atoms with Crippen LogP contribution >= 0.6 is 11.8 Å². The highest BCUT2D eigenvalue weighted by atomic mass is 32.2. The molecule has 2 N–H and O–H groups in total. The van der Waals surface area contributed by atoms with Crippen LogP contribution in [-0.4, -0.2) is 52.6 Å². The zero-order valence-corrected chi connectivity index (χ0v) is 11.8. The standard InChI is InChI=1S/C12H22N2O3S/c1-3-18-8-9(2)13-12(17)14(7-11(15)16)6-10-4-5-10/h9-10H,3-8H2,1-2H3,(H,13,17)(H,15,16). The highest BCUT2D eigenvalue weighted by Crippen LogP contribution is 2.29. The minimum absolute atomic E-state index is 0.0675. The molecule has 6 heteroatoms. The van der Waals surface area contributed by atoms with Gasteiger partial charge in [0.05, 0.1) is 0 Å². The predicted molar refractivity (Wildman–Crippen MR) is 72.9 cm³/mol. The molecule has 1 atom stereocenters. The molecule has 1 aliphatic rings. The average Bonchev–Trinajstić information content (AvgIpc) is 3.08. The van der Waals surface area contributed by atoms with Crippen LogP contribution < -0.4 is 5.32 Å². The molecule has 0 spiro atoms. The van der Waals surface area contributed by atoms with E-state index in [4.69, 9.17) is 5.11 Å². The molecule has 2 amide bonds. The van der Waals surface area contributed by atoms with Gasteiger partial charge in [-0.3, -0.25) is 4.79 Å². The topological polar surface area (TPSA) is 69.6 Å². The molecular weight excluding hydrogens is 252 g/mol. The van der Waals surface area contributed by atoms with E-state index in [0.717, 1.165) is 24.3 Å². The highest BCUT2D eigenvalue weighted by Gasteiger charge is 2.28. The summed E-state index contributed by atoms with van der Waals surface area (Å²) in [5.41, 5.74) is 0. The van der Waals surface area contributed by atoms with Gasteiger partial charge in [0.1, 0.15) is 6.54 Å². The van der Waals surface area contributed by atoms with Crippen molar-refractivity contribution in [2.45, 2.75) is 32.7 Å². The number of carboxylic acid groups (broad SMARTS) is 1. The lowest BCUT2D eigenvalue weighted by Crippen LogP contribution is -2.47. The number of nitrogens with one attached hydrogen (secondary N) is 1. The van der Waals surface area contributed by atoms with Gasteiger partial charge < -0.3 is 15.3 Å². The summed E-state index contributed by atoms with van der Waals surface area (Å²) in [5.74, 6) is 1.41. The van der Waals surface area contributed by atoms with Gasteiger partial charge in [-0.05, 0) is 31.4 Å². The largest absolute Gasteiger partial charge is 0.480 e. The van der Waals surface area contributed by atoms with Crippen molar-refractivity contribution in [2.24, 2.45) is 5.92 Å². The van der Waals surface area contributed by atoms with Crippen LogP contribution in [0.2, 0.25) is 0 Å². The molecule has 0 bridgehead atoms. The van der Waals surface area contributed by atoms with Crippen molar-refractivity contribution in [3.8, 4) is 0 Å². The van der Waals surface area contributed by atoms with Crippen LogP contribution in [-0.2, 0) is 4.79 Å². The zero-order chi connectivity index (χ0) is 13.5. The molecule has 0 aliphatic heterocycles. The number of carboxylic acids is 1. The number of hydrogen-bond donors (Lipinski definition) is 2. The first-order valence-corrected chi connectivity index (χ1v) is 7.53. The van der Waals surface area contributed by atoms with Gasteiger partial charge in [0, 0.05) is 18.3 Å². The van der Waals surface area contributed by atoms with Crippen LogP contribution in [0.1, 0.15) is 26.7 Å². The summed E-state index contributed by atoms with van der Waals surface area (Å²) in [7, 11) is 0. The summed E-state index contributed by atoms with van der Waals surface area (Å²) < 4.78 is 0. The van der Waals surface area contributed by atoms with Gasteiger partial charge in [0.15, 0.2) is 0 Å². The quantitative estimate of drug-likeness (QED) is 0.706. The zero-order valence-electron chi connectivity index (χ0n) is 11.0. The number of nitrogens with zero attached hydrogens (tertiary/aromatic N) is 1. The molecule has 5 nitrogen and oxygen atoms in total. The Morgan fingerprint density at radius 2 is 2.17 bits per heavy atom. The summed E-state index contributed by atoms with van der Waals surface area (Å²) in [4.78, 5) is 24.1. The third kappa shape index (κ3) is 6.14. The molecule has 0 radical (unpaired) electrons. The van der Waals surface area contributed by atoms with Crippen molar-refractivity contribution in [3.05, 3.63) is 0 Å². The Labute approximate surface area is 112 Å². The molecule has 0 heterocycles. The third-order valence-corrected chi connectivity index (χ3v) is 3.87. The fraction of sp³-hybridized carbons (Fsp3) is 0.833. The molecule has 0 aromatic carbocycles. The maximum Gasteiger partial charge on any atom is 0.323 e. The number of hydrogen-bond acceptors (Lipinski definition) is 3. The summed E-state index contributed by atoms with van der Waals surface area (Å²) in [6.45, 7) is 4.36. The Morgan fingerprint density at radius 1 is 1.50 bits per heavy atom. The molecule has 104 valence electrons. The fourth-order valence-electron chi connectivity index (χ4n) is 1.63. The van der Waals surface area contributed by atoms with E-state index in [9.17, 15) is 9.59 Å². The highest BCUT2D eigenvalue weighted by molar-refractivity contribution is 7.99. The molecule has 18 heavy (non-hydrogen) atoms. The van der Waals surface area contributed by atoms with Gasteiger partial charge in [-0.15, -0.1) is 0 Å². The monoisotopic (exact) mass is 274 g/mol. The number of carbonyl (C=O) groups is 2. The first-order valence-electron chi connectivity index (χ1n) is 6.37. The number of thioether (sulfide) groups is 1. The first-order chi connectivity index (χ1) is 8.52. The maximum atomic E-state index is 12.0. The van der Waals surface area contributed by atoms with Crippen LogP contribution in [0.15, 0.2) is 0 Å². The van der Waals surface area contributed by atoms with E-state index in [1.54, 1.807) is 11.8 Å². The Bertz CT molecular complexity index is 295. The summed E-state index contributed by atoms with van der Waals surface area (Å²) in [6, 6.07) is -0.188. The lowest BCUT2D eigenvalue weighted by molar-refractivity contribution is -0.137. The smallest absolute Gasteiger partial charge is 0.323 e. The van der Waals surface area contributed by atoms with E-state index < -0.39 is 5.97 Å². The van der Waals surface area contributed by atoms with Gasteiger partial charge in [-0.25, -0.2) is 4.79 Å². The normalized spacial score (nSPS) is 16.1. The molecule has 1 rings (SSSR count). The van der Waals surface area contributed by atoms with Crippen molar-refractivity contribution in [1.82, 2.24) is 10.2 Å². The Morgan fingerprint density at radius 3 is 2.67 bits per heavy atom. The second-order valence-corrected chi connectivity index (χ2v) is 6.05. The van der Waals surface area contributed by atoms with Crippen molar-refractivity contribution >= 4 is 23.8 Å². The van der Waals surface area contributed by atoms with Crippen LogP contribution in [0.4, 0.5) is 4.79 Å². The number of carbonyl (C=O) groups excluding carboxylic acids is 1. The molecule has 0 aromatic rings. The van der Waals surface area contributed by atoms with Gasteiger partial charge in [-0.1, -0.05) is 6.92 Å². The number of urea groups is 1. The molecule has 1 aliphatic carbocycles. The van der Waals surface area contributed by atoms with Gasteiger partial charge in [0.25, 0.3) is 0 Å². The van der Waals surface area contributed by atoms with E-state index in [-0.39, 0.29) is 18.6 Å². The van der Waals surface area contributed by atoms with E-state index in [0.29, 0.717) is 12.5 Å². The van der Waals surface area contributed by atoms with Crippen LogP contribution in [0.5, 0.6) is 0 Å². The van der Waals surface area contributed by atoms with Crippen molar-refractivity contribution < 1.29 is 14.7 Å². The number of rotatable bonds is 8. The molecule has 0 aromatic heterocycles. The van der Waals surface area contributed by atoms with Crippen LogP contribution in [0.25, 0.3) is 0 Å². The molecule has 1 fully saturated rings. The number of amides is 2. The van der Waals surface area contributed by atoms with E-state index in [2.05, 4.69) is 12.2 Å². The molecule has 1 saturated carbocycles. The second-order valence-electron chi connectivity index (χ2n) is 4.73. The van der Waals surface area contributed by atoms with Crippen LogP contribution in [0, 0.1) is 5.92 Å². The van der Waals surface area contributed by atoms with Crippen molar-refractivity contribution in [1.29, 1.82) is 0 Å². The second kappa shape index (κ2) is 7.51. The fourth-order valence-corrected chi connectivity index (χ4v) is 2.31. The lowest BCUT2D eigenvalue weighted by Gasteiger charge is -2.23. The molecule has 0 saturated heterocycles. The Balaban J connectivity index is 2.39. The summed E-state index contributed by atoms with van der Waals surface area (Å²) >= 11 is 1.76. The Hall–Kier alpha value is -0.910.